The lowest BCUT2D eigenvalue weighted by Gasteiger charge is -2.03. The number of hydrogen-bond donors (Lipinski definition) is 1. The monoisotopic (exact) mass is 269 g/mol. The molecular weight excluding hydrogens is 258 g/mol. The molecule has 0 saturated heterocycles. The van der Waals surface area contributed by atoms with Crippen LogP contribution in [0.3, 0.4) is 0 Å². The molecule has 0 amide bonds. The van der Waals surface area contributed by atoms with E-state index in [9.17, 15) is 9.90 Å². The van der Waals surface area contributed by atoms with Gasteiger partial charge in [0, 0.05) is 18.0 Å². The fourth-order valence-corrected chi connectivity index (χ4v) is 2.06. The summed E-state index contributed by atoms with van der Waals surface area (Å²) in [5.74, 6) is 0.147. The summed E-state index contributed by atoms with van der Waals surface area (Å²) in [7, 11) is 1.58. The van der Waals surface area contributed by atoms with Gasteiger partial charge in [0.1, 0.15) is 11.6 Å². The molecule has 1 aromatic carbocycles. The first-order chi connectivity index (χ1) is 9.70. The van der Waals surface area contributed by atoms with Gasteiger partial charge < -0.3 is 9.84 Å². The molecule has 20 heavy (non-hydrogen) atoms. The SMILES string of the molecule is COc1cccc(-c2nc(C(=O)O)c3cnccn23)c1. The quantitative estimate of drug-likeness (QED) is 0.788. The smallest absolute Gasteiger partial charge is 0.356 e. The number of hydrogen-bond acceptors (Lipinski definition) is 4. The summed E-state index contributed by atoms with van der Waals surface area (Å²) in [6, 6.07) is 7.31. The van der Waals surface area contributed by atoms with E-state index in [0.717, 1.165) is 5.56 Å². The first-order valence-electron chi connectivity index (χ1n) is 5.90. The maximum atomic E-state index is 11.3. The highest BCUT2D eigenvalue weighted by atomic mass is 16.5. The van der Waals surface area contributed by atoms with Gasteiger partial charge in [-0.15, -0.1) is 0 Å². The van der Waals surface area contributed by atoms with Crippen LogP contribution in [0.4, 0.5) is 0 Å². The Labute approximate surface area is 114 Å². The maximum absolute atomic E-state index is 11.3. The van der Waals surface area contributed by atoms with Crippen molar-refractivity contribution >= 4 is 11.5 Å². The van der Waals surface area contributed by atoms with Gasteiger partial charge in [0.15, 0.2) is 5.69 Å². The lowest BCUT2D eigenvalue weighted by molar-refractivity contribution is 0.0693. The third-order valence-electron chi connectivity index (χ3n) is 2.98. The highest BCUT2D eigenvalue weighted by molar-refractivity contribution is 5.94. The van der Waals surface area contributed by atoms with Crippen LogP contribution in [0.2, 0.25) is 0 Å². The molecule has 6 heteroatoms. The number of nitrogens with zero attached hydrogens (tertiary/aromatic N) is 3. The molecule has 100 valence electrons. The van der Waals surface area contributed by atoms with Crippen LogP contribution in [0.1, 0.15) is 10.5 Å². The predicted octanol–water partition coefficient (Wildman–Crippen LogP) is 2.10. The predicted molar refractivity (Wildman–Crippen MR) is 71.9 cm³/mol. The number of carboxylic acid groups (broad SMARTS) is 1. The highest BCUT2D eigenvalue weighted by Gasteiger charge is 2.17. The Morgan fingerprint density at radius 1 is 1.40 bits per heavy atom. The van der Waals surface area contributed by atoms with Crippen LogP contribution in [0, 0.1) is 0 Å². The lowest BCUT2D eigenvalue weighted by atomic mass is 10.2. The van der Waals surface area contributed by atoms with Gasteiger partial charge in [0.25, 0.3) is 0 Å². The fourth-order valence-electron chi connectivity index (χ4n) is 2.06. The van der Waals surface area contributed by atoms with E-state index in [1.807, 2.05) is 18.2 Å². The molecule has 1 N–H and O–H groups in total. The van der Waals surface area contributed by atoms with Crippen LogP contribution < -0.4 is 4.74 Å². The Bertz CT molecular complexity index is 795. The van der Waals surface area contributed by atoms with Gasteiger partial charge in [-0.05, 0) is 12.1 Å². The molecule has 2 aromatic heterocycles. The summed E-state index contributed by atoms with van der Waals surface area (Å²) in [5, 5.41) is 9.22. The average molecular weight is 269 g/mol. The number of benzene rings is 1. The second kappa shape index (κ2) is 4.65. The second-order valence-electron chi connectivity index (χ2n) is 4.15. The minimum absolute atomic E-state index is 0.0177. The van der Waals surface area contributed by atoms with Crippen molar-refractivity contribution < 1.29 is 14.6 Å². The van der Waals surface area contributed by atoms with Gasteiger partial charge in [-0.1, -0.05) is 12.1 Å². The summed E-state index contributed by atoms with van der Waals surface area (Å²) in [5.41, 5.74) is 1.21. The Hall–Kier alpha value is -2.89. The molecule has 6 nitrogen and oxygen atoms in total. The lowest BCUT2D eigenvalue weighted by Crippen LogP contribution is -1.97. The van der Waals surface area contributed by atoms with Gasteiger partial charge in [-0.25, -0.2) is 9.78 Å². The maximum Gasteiger partial charge on any atom is 0.356 e. The third-order valence-corrected chi connectivity index (χ3v) is 2.98. The van der Waals surface area contributed by atoms with Gasteiger partial charge in [0.2, 0.25) is 0 Å². The molecule has 3 aromatic rings. The van der Waals surface area contributed by atoms with Gasteiger partial charge in [-0.3, -0.25) is 9.38 Å². The third kappa shape index (κ3) is 1.87. The molecule has 3 rings (SSSR count). The van der Waals surface area contributed by atoms with Gasteiger partial charge in [0.05, 0.1) is 18.8 Å². The molecule has 0 spiro atoms. The van der Waals surface area contributed by atoms with E-state index in [1.54, 1.807) is 30.0 Å². The van der Waals surface area contributed by atoms with Crippen LogP contribution in [-0.2, 0) is 0 Å². The molecule has 0 saturated carbocycles. The first-order valence-corrected chi connectivity index (χ1v) is 5.90. The topological polar surface area (TPSA) is 76.7 Å². The number of imidazole rings is 1. The minimum atomic E-state index is -1.08. The highest BCUT2D eigenvalue weighted by Crippen LogP contribution is 2.25. The fraction of sp³-hybridized carbons (Fsp3) is 0.0714. The molecule has 0 aliphatic carbocycles. The number of carboxylic acids is 1. The summed E-state index contributed by atoms with van der Waals surface area (Å²) in [4.78, 5) is 19.4. The van der Waals surface area contributed by atoms with E-state index in [-0.39, 0.29) is 5.69 Å². The normalized spacial score (nSPS) is 10.7. The number of aromatic carboxylic acids is 1. The van der Waals surface area contributed by atoms with Crippen LogP contribution in [-0.4, -0.2) is 32.6 Å². The average Bonchev–Trinajstić information content (AvgIpc) is 2.87. The molecule has 0 bridgehead atoms. The summed E-state index contributed by atoms with van der Waals surface area (Å²) < 4.78 is 6.88. The molecular formula is C14H11N3O3. The molecule has 0 unspecified atom stereocenters. The van der Waals surface area contributed by atoms with Crippen LogP contribution >= 0.6 is 0 Å². The van der Waals surface area contributed by atoms with Gasteiger partial charge >= 0.3 is 5.97 Å². The Morgan fingerprint density at radius 2 is 2.25 bits per heavy atom. The summed E-state index contributed by atoms with van der Waals surface area (Å²) in [6.07, 6.45) is 4.76. The van der Waals surface area contributed by atoms with Gasteiger partial charge in [-0.2, -0.15) is 0 Å². The number of methoxy groups -OCH3 is 1. The summed E-state index contributed by atoms with van der Waals surface area (Å²) in [6.45, 7) is 0. The number of aromatic nitrogens is 3. The van der Waals surface area contributed by atoms with Crippen molar-refractivity contribution in [2.75, 3.05) is 7.11 Å². The van der Waals surface area contributed by atoms with E-state index in [1.165, 1.54) is 6.20 Å². The minimum Gasteiger partial charge on any atom is -0.497 e. The Morgan fingerprint density at radius 3 is 3.00 bits per heavy atom. The zero-order chi connectivity index (χ0) is 14.1. The largest absolute Gasteiger partial charge is 0.497 e. The van der Waals surface area contributed by atoms with Crippen molar-refractivity contribution in [3.63, 3.8) is 0 Å². The molecule has 0 fully saturated rings. The molecule has 2 heterocycles. The first kappa shape index (κ1) is 12.2. The zero-order valence-electron chi connectivity index (χ0n) is 10.6. The number of rotatable bonds is 3. The Balaban J connectivity index is 2.28. The van der Waals surface area contributed by atoms with E-state index in [0.29, 0.717) is 17.1 Å². The zero-order valence-corrected chi connectivity index (χ0v) is 10.6. The van der Waals surface area contributed by atoms with Crippen molar-refractivity contribution in [3.8, 4) is 17.1 Å². The molecule has 0 aliphatic rings. The Kier molecular flexibility index (Phi) is 2.83. The molecule has 0 aliphatic heterocycles. The van der Waals surface area contributed by atoms with Crippen LogP contribution in [0.15, 0.2) is 42.9 Å². The van der Waals surface area contributed by atoms with Crippen molar-refractivity contribution in [3.05, 3.63) is 48.5 Å². The second-order valence-corrected chi connectivity index (χ2v) is 4.15. The number of fused-ring (bicyclic) bond motifs is 1. The van der Waals surface area contributed by atoms with Crippen LogP contribution in [0.5, 0.6) is 5.75 Å². The van der Waals surface area contributed by atoms with E-state index in [2.05, 4.69) is 9.97 Å². The number of carbonyl (C=O) groups is 1. The van der Waals surface area contributed by atoms with Crippen molar-refractivity contribution in [2.45, 2.75) is 0 Å². The van der Waals surface area contributed by atoms with Crippen molar-refractivity contribution in [2.24, 2.45) is 0 Å². The van der Waals surface area contributed by atoms with Crippen molar-refractivity contribution in [1.29, 1.82) is 0 Å². The number of ether oxygens (including phenoxy) is 1. The van der Waals surface area contributed by atoms with E-state index in [4.69, 9.17) is 4.74 Å². The van der Waals surface area contributed by atoms with E-state index < -0.39 is 5.97 Å². The molecule has 0 radical (unpaired) electrons. The van der Waals surface area contributed by atoms with Crippen LogP contribution in [0.25, 0.3) is 16.9 Å². The summed E-state index contributed by atoms with van der Waals surface area (Å²) >= 11 is 0. The van der Waals surface area contributed by atoms with Crippen molar-refractivity contribution in [1.82, 2.24) is 14.4 Å². The molecule has 0 atom stereocenters. The van der Waals surface area contributed by atoms with E-state index >= 15 is 0 Å². The standard InChI is InChI=1S/C14H11N3O3/c1-20-10-4-2-3-9(7-10)13-16-12(14(18)19)11-8-15-5-6-17(11)13/h2-8H,1H3,(H,18,19).